The summed E-state index contributed by atoms with van der Waals surface area (Å²) in [6.07, 6.45) is 0. The maximum Gasteiger partial charge on any atom is 0.278 e. The van der Waals surface area contributed by atoms with Crippen molar-refractivity contribution in [2.45, 2.75) is 11.8 Å². The van der Waals surface area contributed by atoms with Gasteiger partial charge in [0.1, 0.15) is 5.75 Å². The van der Waals surface area contributed by atoms with Gasteiger partial charge in [0.2, 0.25) is 0 Å². The fourth-order valence-corrected chi connectivity index (χ4v) is 4.39. The molecule has 0 saturated heterocycles. The first-order valence-electron chi connectivity index (χ1n) is 8.47. The summed E-state index contributed by atoms with van der Waals surface area (Å²) in [6, 6.07) is 21.6. The van der Waals surface area contributed by atoms with Crippen molar-refractivity contribution in [3.63, 3.8) is 0 Å². The van der Waals surface area contributed by atoms with Gasteiger partial charge in [-0.3, -0.25) is 4.79 Å². The van der Waals surface area contributed by atoms with Gasteiger partial charge in [0.05, 0.1) is 15.1 Å². The van der Waals surface area contributed by atoms with Crippen molar-refractivity contribution >= 4 is 37.5 Å². The molecule has 1 amide bonds. The zero-order valence-electron chi connectivity index (χ0n) is 15.1. The second-order valence-electron chi connectivity index (χ2n) is 6.03. The fourth-order valence-electron chi connectivity index (χ4n) is 2.55. The Morgan fingerprint density at radius 1 is 0.929 bits per heavy atom. The van der Waals surface area contributed by atoms with Gasteiger partial charge in [0.25, 0.3) is 15.9 Å². The van der Waals surface area contributed by atoms with Crippen molar-refractivity contribution in [1.29, 1.82) is 0 Å². The number of nitrogens with zero attached hydrogens (tertiary/aromatic N) is 1. The highest BCUT2D eigenvalue weighted by Crippen LogP contribution is 2.26. The van der Waals surface area contributed by atoms with Crippen molar-refractivity contribution in [3.8, 4) is 5.75 Å². The molecule has 0 radical (unpaired) electrons. The average molecular weight is 460 g/mol. The van der Waals surface area contributed by atoms with E-state index in [1.54, 1.807) is 60.7 Å². The lowest BCUT2D eigenvalue weighted by Gasteiger charge is -2.23. The molecule has 0 aliphatic rings. The van der Waals surface area contributed by atoms with E-state index in [4.69, 9.17) is 4.74 Å². The van der Waals surface area contributed by atoms with Crippen LogP contribution < -0.4 is 9.04 Å². The minimum Gasteiger partial charge on any atom is -0.483 e. The Morgan fingerprint density at radius 2 is 1.54 bits per heavy atom. The predicted molar refractivity (Wildman–Crippen MR) is 112 cm³/mol. The molecule has 0 N–H and O–H groups in total. The molecule has 144 valence electrons. The number of sulfonamides is 1. The lowest BCUT2D eigenvalue weighted by molar-refractivity contribution is -0.119. The third-order valence-electron chi connectivity index (χ3n) is 3.96. The van der Waals surface area contributed by atoms with Crippen molar-refractivity contribution < 1.29 is 17.9 Å². The van der Waals surface area contributed by atoms with E-state index < -0.39 is 22.5 Å². The summed E-state index contributed by atoms with van der Waals surface area (Å²) < 4.78 is 33.4. The number of para-hydroxylation sites is 1. The van der Waals surface area contributed by atoms with E-state index in [0.717, 1.165) is 9.87 Å². The van der Waals surface area contributed by atoms with Gasteiger partial charge in [-0.05, 0) is 59.3 Å². The summed E-state index contributed by atoms with van der Waals surface area (Å²) in [5, 5.41) is 0. The largest absolute Gasteiger partial charge is 0.483 e. The minimum absolute atomic E-state index is 0.0322. The monoisotopic (exact) mass is 459 g/mol. The molecule has 0 saturated carbocycles. The van der Waals surface area contributed by atoms with Gasteiger partial charge in [0.15, 0.2) is 6.61 Å². The summed E-state index contributed by atoms with van der Waals surface area (Å²) >= 11 is 3.34. The number of carbonyl (C=O) groups excluding carboxylic acids is 1. The third-order valence-corrected chi connectivity index (χ3v) is 6.38. The second kappa shape index (κ2) is 8.58. The fraction of sp³-hybridized carbons (Fsp3) is 0.0952. The van der Waals surface area contributed by atoms with Crippen LogP contribution in [0.3, 0.4) is 0 Å². The summed E-state index contributed by atoms with van der Waals surface area (Å²) in [5.41, 5.74) is 1.22. The van der Waals surface area contributed by atoms with Crippen molar-refractivity contribution in [1.82, 2.24) is 0 Å². The van der Waals surface area contributed by atoms with E-state index >= 15 is 0 Å². The third kappa shape index (κ3) is 4.43. The highest BCUT2D eigenvalue weighted by molar-refractivity contribution is 9.10. The Hall–Kier alpha value is -2.64. The zero-order chi connectivity index (χ0) is 20.1. The molecule has 0 aliphatic carbocycles. The topological polar surface area (TPSA) is 63.7 Å². The number of aryl methyl sites for hydroxylation is 1. The van der Waals surface area contributed by atoms with Crippen LogP contribution >= 0.6 is 15.9 Å². The van der Waals surface area contributed by atoms with Crippen molar-refractivity contribution in [2.75, 3.05) is 10.9 Å². The predicted octanol–water partition coefficient (Wildman–Crippen LogP) is 4.56. The zero-order valence-corrected chi connectivity index (χ0v) is 17.5. The van der Waals surface area contributed by atoms with Crippen LogP contribution in [0.15, 0.2) is 88.2 Å². The van der Waals surface area contributed by atoms with Crippen LogP contribution in [-0.4, -0.2) is 20.9 Å². The molecule has 28 heavy (non-hydrogen) atoms. The molecular weight excluding hydrogens is 442 g/mol. The number of amides is 1. The van der Waals surface area contributed by atoms with E-state index in [1.807, 2.05) is 13.0 Å². The first kappa shape index (κ1) is 20.1. The van der Waals surface area contributed by atoms with Gasteiger partial charge in [-0.25, -0.2) is 8.42 Å². The van der Waals surface area contributed by atoms with Crippen LogP contribution in [0.5, 0.6) is 5.75 Å². The van der Waals surface area contributed by atoms with E-state index in [0.29, 0.717) is 10.2 Å². The summed E-state index contributed by atoms with van der Waals surface area (Å²) in [5.74, 6) is -0.236. The van der Waals surface area contributed by atoms with Gasteiger partial charge in [-0.15, -0.1) is 0 Å². The molecule has 3 aromatic rings. The van der Waals surface area contributed by atoms with Crippen molar-refractivity contribution in [3.05, 3.63) is 88.9 Å². The maximum atomic E-state index is 13.2. The maximum absolute atomic E-state index is 13.2. The number of halogens is 1. The highest BCUT2D eigenvalue weighted by Gasteiger charge is 2.31. The number of anilines is 1. The van der Waals surface area contributed by atoms with Gasteiger partial charge in [-0.1, -0.05) is 48.0 Å². The molecule has 0 heterocycles. The number of hydrogen-bond donors (Lipinski definition) is 0. The lowest BCUT2D eigenvalue weighted by atomic mass is 10.2. The van der Waals surface area contributed by atoms with E-state index in [9.17, 15) is 13.2 Å². The lowest BCUT2D eigenvalue weighted by Crippen LogP contribution is -2.40. The molecule has 0 unspecified atom stereocenters. The van der Waals surface area contributed by atoms with E-state index in [2.05, 4.69) is 15.9 Å². The van der Waals surface area contributed by atoms with Crippen molar-refractivity contribution in [2.24, 2.45) is 0 Å². The number of ether oxygens (including phenoxy) is 1. The minimum atomic E-state index is -4.09. The first-order chi connectivity index (χ1) is 13.4. The van der Waals surface area contributed by atoms with E-state index in [-0.39, 0.29) is 10.6 Å². The number of carbonyl (C=O) groups is 1. The molecule has 0 bridgehead atoms. The second-order valence-corrected chi connectivity index (χ2v) is 8.67. The van der Waals surface area contributed by atoms with Crippen LogP contribution in [0.1, 0.15) is 5.56 Å². The van der Waals surface area contributed by atoms with Crippen LogP contribution in [0.2, 0.25) is 0 Å². The van der Waals surface area contributed by atoms with Gasteiger partial charge < -0.3 is 4.74 Å². The molecule has 5 nitrogen and oxygen atoms in total. The van der Waals surface area contributed by atoms with E-state index in [1.165, 1.54) is 12.1 Å². The van der Waals surface area contributed by atoms with Crippen LogP contribution in [-0.2, 0) is 14.8 Å². The number of hydrogen-bond acceptors (Lipinski definition) is 4. The SMILES string of the molecule is Cc1ccc(N(C(=O)COc2ccccc2Br)S(=O)(=O)c2ccccc2)cc1. The van der Waals surface area contributed by atoms with Crippen LogP contribution in [0.25, 0.3) is 0 Å². The standard InChI is InChI=1S/C21H18BrNO4S/c1-16-11-13-17(14-12-16)23(28(25,26)18-7-3-2-4-8-18)21(24)15-27-20-10-6-5-9-19(20)22/h2-14H,15H2,1H3. The Kier molecular flexibility index (Phi) is 6.16. The Bertz CT molecular complexity index is 1070. The Balaban J connectivity index is 1.95. The Morgan fingerprint density at radius 3 is 2.18 bits per heavy atom. The normalized spacial score (nSPS) is 11.1. The van der Waals surface area contributed by atoms with Crippen LogP contribution in [0, 0.1) is 6.92 Å². The summed E-state index contributed by atoms with van der Waals surface area (Å²) in [7, 11) is -4.09. The van der Waals surface area contributed by atoms with Gasteiger partial charge in [-0.2, -0.15) is 4.31 Å². The molecule has 0 aromatic heterocycles. The molecule has 0 spiro atoms. The quantitative estimate of drug-likeness (QED) is 0.541. The number of rotatable bonds is 6. The summed E-state index contributed by atoms with van der Waals surface area (Å²) in [6.45, 7) is 1.46. The number of benzene rings is 3. The first-order valence-corrected chi connectivity index (χ1v) is 10.7. The van der Waals surface area contributed by atoms with Crippen LogP contribution in [0.4, 0.5) is 5.69 Å². The molecule has 0 aliphatic heterocycles. The molecule has 0 atom stereocenters. The molecular formula is C21H18BrNO4S. The molecule has 7 heteroatoms. The highest BCUT2D eigenvalue weighted by atomic mass is 79.9. The molecule has 3 aromatic carbocycles. The molecule has 0 fully saturated rings. The van der Waals surface area contributed by atoms with Gasteiger partial charge >= 0.3 is 0 Å². The van der Waals surface area contributed by atoms with Gasteiger partial charge in [0, 0.05) is 0 Å². The average Bonchev–Trinajstić information content (AvgIpc) is 2.69. The molecule has 3 rings (SSSR count). The Labute approximate surface area is 172 Å². The smallest absolute Gasteiger partial charge is 0.278 e. The summed E-state index contributed by atoms with van der Waals surface area (Å²) in [4.78, 5) is 13.0.